The lowest BCUT2D eigenvalue weighted by Gasteiger charge is -2.16. The van der Waals surface area contributed by atoms with Crippen LogP contribution < -0.4 is 16.0 Å². The third-order valence-electron chi connectivity index (χ3n) is 5.15. The van der Waals surface area contributed by atoms with Crippen LogP contribution in [-0.2, 0) is 12.8 Å². The average Bonchev–Trinajstić information content (AvgIpc) is 3.33. The van der Waals surface area contributed by atoms with Gasteiger partial charge in [-0.15, -0.1) is 11.3 Å². The highest BCUT2D eigenvalue weighted by molar-refractivity contribution is 7.12. The Bertz CT molecular complexity index is 1170. The third-order valence-corrected chi connectivity index (χ3v) is 6.41. The lowest BCUT2D eigenvalue weighted by Crippen LogP contribution is -2.20. The number of thiophene rings is 1. The van der Waals surface area contributed by atoms with Gasteiger partial charge in [-0.25, -0.2) is 4.99 Å². The first-order valence-electron chi connectivity index (χ1n) is 10.5. The number of fused-ring (bicyclic) bond motifs is 4. The summed E-state index contributed by atoms with van der Waals surface area (Å²) in [6, 6.07) is 18.0. The maximum atomic E-state index is 12.7. The molecule has 1 amide bonds. The number of anilines is 3. The van der Waals surface area contributed by atoms with E-state index in [0.29, 0.717) is 15.7 Å². The summed E-state index contributed by atoms with van der Waals surface area (Å²) in [5, 5.41) is 12.3. The van der Waals surface area contributed by atoms with Gasteiger partial charge in [0.05, 0.1) is 9.91 Å². The van der Waals surface area contributed by atoms with E-state index in [-0.39, 0.29) is 12.1 Å². The van der Waals surface area contributed by atoms with Gasteiger partial charge >= 0.3 is 0 Å². The Morgan fingerprint density at radius 3 is 2.81 bits per heavy atom. The summed E-state index contributed by atoms with van der Waals surface area (Å²) in [6.45, 7) is 3.87. The Labute approximate surface area is 197 Å². The summed E-state index contributed by atoms with van der Waals surface area (Å²) in [4.78, 5) is 18.1. The number of amides is 1. The first-order chi connectivity index (χ1) is 15.5. The molecule has 164 valence electrons. The number of hydrogen-bond acceptors (Lipinski definition) is 5. The fraction of sp³-hybridized carbons (Fsp3) is 0.200. The number of amidine groups is 1. The van der Waals surface area contributed by atoms with Gasteiger partial charge in [-0.05, 0) is 79.6 Å². The van der Waals surface area contributed by atoms with E-state index < -0.39 is 0 Å². The smallest absolute Gasteiger partial charge is 0.265 e. The van der Waals surface area contributed by atoms with Crippen LogP contribution in [-0.4, -0.2) is 17.9 Å². The molecule has 7 heteroatoms. The highest BCUT2D eigenvalue weighted by atomic mass is 35.5. The number of rotatable bonds is 3. The molecule has 0 fully saturated rings. The number of aliphatic imine (C=N–C) groups is 1. The van der Waals surface area contributed by atoms with Crippen molar-refractivity contribution in [3.8, 4) is 0 Å². The van der Waals surface area contributed by atoms with E-state index in [1.165, 1.54) is 16.9 Å². The zero-order chi connectivity index (χ0) is 22.5. The van der Waals surface area contributed by atoms with Gasteiger partial charge in [-0.2, -0.15) is 0 Å². The predicted octanol–water partition coefficient (Wildman–Crippen LogP) is 6.51. The molecular weight excluding hydrogens is 440 g/mol. The van der Waals surface area contributed by atoms with Crippen molar-refractivity contribution in [1.29, 1.82) is 0 Å². The maximum Gasteiger partial charge on any atom is 0.265 e. The van der Waals surface area contributed by atoms with Crippen molar-refractivity contribution < 1.29 is 4.79 Å². The molecule has 1 unspecified atom stereocenters. The summed E-state index contributed by atoms with van der Waals surface area (Å²) in [5.41, 5.74) is 4.94. The van der Waals surface area contributed by atoms with E-state index in [9.17, 15) is 4.79 Å². The number of aryl methyl sites for hydroxylation is 2. The second-order valence-electron chi connectivity index (χ2n) is 7.56. The molecule has 3 aromatic rings. The Morgan fingerprint density at radius 1 is 1.16 bits per heavy atom. The van der Waals surface area contributed by atoms with Gasteiger partial charge in [-0.1, -0.05) is 35.9 Å². The molecule has 0 saturated heterocycles. The summed E-state index contributed by atoms with van der Waals surface area (Å²) < 4.78 is 0. The number of carbonyl (C=O) groups excluding carboxylic acids is 1. The van der Waals surface area contributed by atoms with Crippen LogP contribution in [0.15, 0.2) is 76.1 Å². The number of carbonyl (C=O) groups is 1. The van der Waals surface area contributed by atoms with E-state index in [1.807, 2.05) is 61.7 Å². The largest absolute Gasteiger partial charge is 0.364 e. The SMILES string of the molecule is C/C=C(Cl)\C1=N/C(C)Nc2cccc(c2)CCc2cc(ccc2NC(=O)c2cccs2)N1. The first-order valence-corrected chi connectivity index (χ1v) is 11.8. The van der Waals surface area contributed by atoms with Gasteiger partial charge in [0.1, 0.15) is 12.0 Å². The topological polar surface area (TPSA) is 65.5 Å². The molecule has 5 nitrogen and oxygen atoms in total. The highest BCUT2D eigenvalue weighted by Gasteiger charge is 2.14. The molecule has 2 heterocycles. The van der Waals surface area contributed by atoms with E-state index in [0.717, 1.165) is 35.5 Å². The molecular formula is C25H25ClN4OS. The zero-order valence-corrected chi connectivity index (χ0v) is 19.6. The maximum absolute atomic E-state index is 12.7. The molecule has 3 N–H and O–H groups in total. The van der Waals surface area contributed by atoms with Crippen molar-refractivity contribution in [2.24, 2.45) is 4.99 Å². The summed E-state index contributed by atoms with van der Waals surface area (Å²) in [7, 11) is 0. The van der Waals surface area contributed by atoms with E-state index in [4.69, 9.17) is 16.6 Å². The Kier molecular flexibility index (Phi) is 6.93. The fourth-order valence-electron chi connectivity index (χ4n) is 3.58. The predicted molar refractivity (Wildman–Crippen MR) is 136 cm³/mol. The van der Waals surface area contributed by atoms with Crippen molar-refractivity contribution in [3.05, 3.63) is 87.1 Å². The molecule has 0 radical (unpaired) electrons. The number of benzene rings is 2. The van der Waals surface area contributed by atoms with Crippen molar-refractivity contribution in [2.45, 2.75) is 32.9 Å². The minimum absolute atomic E-state index is 0.0980. The Hall–Kier alpha value is -3.09. The summed E-state index contributed by atoms with van der Waals surface area (Å²) >= 11 is 7.88. The molecule has 0 saturated carbocycles. The van der Waals surface area contributed by atoms with Crippen molar-refractivity contribution in [1.82, 2.24) is 0 Å². The van der Waals surface area contributed by atoms with Gasteiger partial charge < -0.3 is 16.0 Å². The van der Waals surface area contributed by atoms with Crippen molar-refractivity contribution in [3.63, 3.8) is 0 Å². The van der Waals surface area contributed by atoms with E-state index >= 15 is 0 Å². The number of nitrogens with one attached hydrogen (secondary N) is 3. The van der Waals surface area contributed by atoms with Crippen LogP contribution in [0.3, 0.4) is 0 Å². The van der Waals surface area contributed by atoms with Crippen LogP contribution in [0, 0.1) is 0 Å². The van der Waals surface area contributed by atoms with Crippen LogP contribution in [0.4, 0.5) is 17.1 Å². The zero-order valence-electron chi connectivity index (χ0n) is 18.0. The van der Waals surface area contributed by atoms with Crippen molar-refractivity contribution >= 4 is 51.7 Å². The molecule has 1 atom stereocenters. The second-order valence-corrected chi connectivity index (χ2v) is 8.92. The Morgan fingerprint density at radius 2 is 2.03 bits per heavy atom. The monoisotopic (exact) mass is 464 g/mol. The lowest BCUT2D eigenvalue weighted by atomic mass is 10.0. The minimum atomic E-state index is -0.175. The normalized spacial score (nSPS) is 18.0. The second kappa shape index (κ2) is 10.0. The minimum Gasteiger partial charge on any atom is -0.364 e. The molecule has 1 aliphatic rings. The van der Waals surface area contributed by atoms with Gasteiger partial charge in [0.15, 0.2) is 0 Å². The van der Waals surface area contributed by atoms with Crippen molar-refractivity contribution in [2.75, 3.05) is 16.0 Å². The van der Waals surface area contributed by atoms with Gasteiger partial charge in [0, 0.05) is 17.1 Å². The number of halogens is 1. The Balaban J connectivity index is 1.72. The molecule has 32 heavy (non-hydrogen) atoms. The molecule has 0 aliphatic carbocycles. The number of hydrogen-bond donors (Lipinski definition) is 3. The third kappa shape index (κ3) is 5.39. The van der Waals surface area contributed by atoms with Gasteiger partial charge in [0.25, 0.3) is 5.91 Å². The fourth-order valence-corrected chi connectivity index (χ4v) is 4.30. The molecule has 4 rings (SSSR count). The van der Waals surface area contributed by atoms with Gasteiger partial charge in [-0.3, -0.25) is 4.79 Å². The van der Waals surface area contributed by atoms with E-state index in [1.54, 1.807) is 0 Å². The number of nitrogens with zero attached hydrogens (tertiary/aromatic N) is 1. The molecule has 2 aromatic carbocycles. The summed E-state index contributed by atoms with van der Waals surface area (Å²) in [6.07, 6.45) is 3.26. The summed E-state index contributed by atoms with van der Waals surface area (Å²) in [5.74, 6) is 0.491. The lowest BCUT2D eigenvalue weighted by molar-refractivity contribution is 0.103. The molecule has 1 aromatic heterocycles. The van der Waals surface area contributed by atoms with Gasteiger partial charge in [0.2, 0.25) is 0 Å². The quantitative estimate of drug-likeness (QED) is 0.414. The first kappa shape index (κ1) is 22.1. The number of allylic oxidation sites excluding steroid dienone is 1. The van der Waals surface area contributed by atoms with Crippen LogP contribution in [0.5, 0.6) is 0 Å². The van der Waals surface area contributed by atoms with E-state index in [2.05, 4.69) is 34.1 Å². The average molecular weight is 465 g/mol. The highest BCUT2D eigenvalue weighted by Crippen LogP contribution is 2.26. The van der Waals surface area contributed by atoms with Crippen LogP contribution in [0.25, 0.3) is 0 Å². The van der Waals surface area contributed by atoms with Crippen LogP contribution in [0.2, 0.25) is 0 Å². The van der Waals surface area contributed by atoms with Crippen LogP contribution in [0.1, 0.15) is 34.6 Å². The molecule has 1 aliphatic heterocycles. The van der Waals surface area contributed by atoms with Crippen LogP contribution >= 0.6 is 22.9 Å². The standard InChI is InChI=1S/C25H25ClN4OS/c1-3-21(26)24-28-16(2)27-19-7-4-6-17(14-19)9-10-18-15-20(29-24)11-12-22(18)30-25(31)23-8-5-13-32-23/h3-8,11-16,27H,9-10H2,1-2H3,(H,28,29)(H,30,31)/b21-3+. The molecule has 0 spiro atoms. The molecule has 4 bridgehead atoms.